The van der Waals surface area contributed by atoms with E-state index in [1.807, 2.05) is 19.1 Å². The molecule has 1 aliphatic rings. The van der Waals surface area contributed by atoms with Gasteiger partial charge in [-0.05, 0) is 38.6 Å². The number of hydrogen-bond donors (Lipinski definition) is 1. The Hall–Kier alpha value is -4.30. The molecule has 0 saturated carbocycles. The van der Waals surface area contributed by atoms with Gasteiger partial charge in [0.15, 0.2) is 28.8 Å². The number of aryl methyl sites for hydroxylation is 2. The fourth-order valence-electron chi connectivity index (χ4n) is 4.80. The predicted octanol–water partition coefficient (Wildman–Crippen LogP) is 4.98. The van der Waals surface area contributed by atoms with E-state index in [4.69, 9.17) is 4.74 Å². The number of anilines is 3. The molecule has 0 radical (unpaired) electrons. The molecule has 196 valence electrons. The van der Waals surface area contributed by atoms with Crippen LogP contribution in [0.15, 0.2) is 36.8 Å². The van der Waals surface area contributed by atoms with Crippen molar-refractivity contribution in [2.24, 2.45) is 0 Å². The van der Waals surface area contributed by atoms with E-state index in [0.717, 1.165) is 50.2 Å². The number of rotatable bonds is 7. The van der Waals surface area contributed by atoms with Crippen molar-refractivity contribution in [2.45, 2.75) is 27.3 Å². The minimum atomic E-state index is -0.731. The first kappa shape index (κ1) is 25.4. The number of fused-ring (bicyclic) bond motifs is 1. The van der Waals surface area contributed by atoms with Crippen molar-refractivity contribution >= 4 is 28.2 Å². The molecule has 1 aromatic carbocycles. The highest BCUT2D eigenvalue weighted by Gasteiger charge is 2.22. The van der Waals surface area contributed by atoms with Crippen LogP contribution in [-0.2, 0) is 6.54 Å². The van der Waals surface area contributed by atoms with Gasteiger partial charge >= 0.3 is 0 Å². The number of aromatic nitrogens is 4. The van der Waals surface area contributed by atoms with Crippen LogP contribution in [0.4, 0.5) is 26.1 Å². The van der Waals surface area contributed by atoms with Crippen molar-refractivity contribution in [2.75, 3.05) is 42.9 Å². The molecule has 4 heterocycles. The SMILES string of the molecule is CCN1CCN(c2ccc(Nc3ncnc(Oc4cc(F)c5c(cc(C)n5CC)c4F)c3C#N)nc2)CC1. The lowest BCUT2D eigenvalue weighted by Crippen LogP contribution is -2.46. The molecule has 3 aromatic heterocycles. The van der Waals surface area contributed by atoms with E-state index in [0.29, 0.717) is 12.4 Å². The number of ether oxygens (including phenoxy) is 1. The first-order chi connectivity index (χ1) is 18.4. The molecule has 38 heavy (non-hydrogen) atoms. The van der Waals surface area contributed by atoms with Gasteiger partial charge in [-0.2, -0.15) is 5.26 Å². The molecule has 9 nitrogen and oxygen atoms in total. The maximum Gasteiger partial charge on any atom is 0.242 e. The largest absolute Gasteiger partial charge is 0.434 e. The third-order valence-corrected chi connectivity index (χ3v) is 6.87. The molecular weight excluding hydrogens is 490 g/mol. The molecule has 5 rings (SSSR count). The maximum atomic E-state index is 15.3. The van der Waals surface area contributed by atoms with E-state index >= 15 is 4.39 Å². The van der Waals surface area contributed by atoms with Gasteiger partial charge in [0.2, 0.25) is 5.88 Å². The first-order valence-electron chi connectivity index (χ1n) is 12.5. The summed E-state index contributed by atoms with van der Waals surface area (Å²) in [6, 6.07) is 8.30. The molecule has 1 fully saturated rings. The van der Waals surface area contributed by atoms with Crippen LogP contribution in [-0.4, -0.2) is 57.1 Å². The van der Waals surface area contributed by atoms with Crippen molar-refractivity contribution in [3.8, 4) is 17.7 Å². The second kappa shape index (κ2) is 10.6. The second-order valence-electron chi connectivity index (χ2n) is 9.03. The van der Waals surface area contributed by atoms with Gasteiger partial charge in [-0.15, -0.1) is 0 Å². The Morgan fingerprint density at radius 3 is 2.50 bits per heavy atom. The fraction of sp³-hybridized carbons (Fsp3) is 0.333. The number of halogens is 2. The minimum absolute atomic E-state index is 0.0590. The number of pyridine rings is 1. The summed E-state index contributed by atoms with van der Waals surface area (Å²) in [7, 11) is 0. The summed E-state index contributed by atoms with van der Waals surface area (Å²) < 4.78 is 37.6. The maximum absolute atomic E-state index is 15.3. The van der Waals surface area contributed by atoms with Gasteiger partial charge in [-0.3, -0.25) is 0 Å². The van der Waals surface area contributed by atoms with Crippen molar-refractivity contribution in [3.63, 3.8) is 0 Å². The summed E-state index contributed by atoms with van der Waals surface area (Å²) >= 11 is 0. The molecule has 4 aromatic rings. The van der Waals surface area contributed by atoms with Gasteiger partial charge in [0.25, 0.3) is 0 Å². The molecule has 0 unspecified atom stereocenters. The summed E-state index contributed by atoms with van der Waals surface area (Å²) in [6.07, 6.45) is 2.96. The molecule has 0 amide bonds. The smallest absolute Gasteiger partial charge is 0.242 e. The van der Waals surface area contributed by atoms with Crippen LogP contribution in [0.25, 0.3) is 10.9 Å². The van der Waals surface area contributed by atoms with E-state index < -0.39 is 11.6 Å². The average Bonchev–Trinajstić information content (AvgIpc) is 3.29. The average molecular weight is 519 g/mol. The number of piperazine rings is 1. The first-order valence-corrected chi connectivity index (χ1v) is 12.5. The van der Waals surface area contributed by atoms with Gasteiger partial charge in [0, 0.05) is 49.9 Å². The molecule has 0 aliphatic carbocycles. The summed E-state index contributed by atoms with van der Waals surface area (Å²) in [5.41, 5.74) is 1.85. The van der Waals surface area contributed by atoms with Crippen LogP contribution < -0.4 is 15.0 Å². The van der Waals surface area contributed by atoms with E-state index in [2.05, 4.69) is 37.0 Å². The minimum Gasteiger partial charge on any atom is -0.434 e. The molecule has 0 spiro atoms. The standard InChI is InChI=1S/C27H28F2N8O/c1-4-35-8-10-36(11-9-35)18-6-7-23(31-15-18)34-26-20(14-30)27(33-16-32-26)38-22-13-21(28)25-19(24(22)29)12-17(3)37(25)5-2/h6-7,12-13,15-16H,4-5,8-11H2,1-3H3,(H,31,32,33,34). The highest BCUT2D eigenvalue weighted by atomic mass is 19.1. The number of likely N-dealkylation sites (N-methyl/N-ethyl adjacent to an activating group) is 1. The Kier molecular flexibility index (Phi) is 7.07. The topological polar surface area (TPSA) is 95.1 Å². The van der Waals surface area contributed by atoms with Crippen LogP contribution in [0, 0.1) is 29.9 Å². The lowest BCUT2D eigenvalue weighted by atomic mass is 10.2. The zero-order valence-electron chi connectivity index (χ0n) is 21.5. The molecule has 11 heteroatoms. The molecule has 1 aliphatic heterocycles. The molecule has 1 N–H and O–H groups in total. The van der Waals surface area contributed by atoms with Crippen LogP contribution >= 0.6 is 0 Å². The van der Waals surface area contributed by atoms with E-state index in [1.54, 1.807) is 29.8 Å². The summed E-state index contributed by atoms with van der Waals surface area (Å²) in [4.78, 5) is 17.3. The Morgan fingerprint density at radius 1 is 1.05 bits per heavy atom. The van der Waals surface area contributed by atoms with Gasteiger partial charge < -0.3 is 24.4 Å². The molecule has 0 bridgehead atoms. The number of hydrogen-bond acceptors (Lipinski definition) is 8. The summed E-state index contributed by atoms with van der Waals surface area (Å²) in [5, 5.41) is 12.9. The molecular formula is C27H28F2N8O. The van der Waals surface area contributed by atoms with Gasteiger partial charge in [-0.25, -0.2) is 23.7 Å². The van der Waals surface area contributed by atoms with E-state index in [9.17, 15) is 9.65 Å². The van der Waals surface area contributed by atoms with Gasteiger partial charge in [0.05, 0.1) is 17.4 Å². The molecule has 1 saturated heterocycles. The van der Waals surface area contributed by atoms with Crippen LogP contribution in [0.2, 0.25) is 0 Å². The number of nitrogens with zero attached hydrogens (tertiary/aromatic N) is 7. The molecule has 0 atom stereocenters. The normalized spacial score (nSPS) is 14.1. The van der Waals surface area contributed by atoms with Crippen LogP contribution in [0.5, 0.6) is 11.6 Å². The Balaban J connectivity index is 1.38. The number of nitrogens with one attached hydrogen (secondary N) is 1. The van der Waals surface area contributed by atoms with E-state index in [1.165, 1.54) is 6.33 Å². The number of nitriles is 1. The van der Waals surface area contributed by atoms with Crippen molar-refractivity contribution in [3.05, 3.63) is 59.7 Å². The Bertz CT molecular complexity index is 1500. The zero-order valence-corrected chi connectivity index (χ0v) is 21.5. The van der Waals surface area contributed by atoms with Crippen molar-refractivity contribution in [1.82, 2.24) is 24.4 Å². The van der Waals surface area contributed by atoms with Crippen LogP contribution in [0.3, 0.4) is 0 Å². The Labute approximate surface area is 219 Å². The summed E-state index contributed by atoms with van der Waals surface area (Å²) in [5.74, 6) is -1.31. The van der Waals surface area contributed by atoms with Gasteiger partial charge in [0.1, 0.15) is 18.2 Å². The quantitative estimate of drug-likeness (QED) is 0.366. The third kappa shape index (κ3) is 4.70. The Morgan fingerprint density at radius 2 is 1.84 bits per heavy atom. The second-order valence-corrected chi connectivity index (χ2v) is 9.03. The monoisotopic (exact) mass is 518 g/mol. The fourth-order valence-corrected chi connectivity index (χ4v) is 4.80. The summed E-state index contributed by atoms with van der Waals surface area (Å²) in [6.45, 7) is 11.2. The lowest BCUT2D eigenvalue weighted by molar-refractivity contribution is 0.271. The zero-order chi connectivity index (χ0) is 26.8. The van der Waals surface area contributed by atoms with Crippen LogP contribution in [0.1, 0.15) is 25.1 Å². The van der Waals surface area contributed by atoms with Crippen molar-refractivity contribution < 1.29 is 13.5 Å². The highest BCUT2D eigenvalue weighted by Crippen LogP contribution is 2.35. The predicted molar refractivity (Wildman–Crippen MR) is 141 cm³/mol. The lowest BCUT2D eigenvalue weighted by Gasteiger charge is -2.35. The van der Waals surface area contributed by atoms with E-state index in [-0.39, 0.29) is 33.9 Å². The van der Waals surface area contributed by atoms with Gasteiger partial charge in [-0.1, -0.05) is 6.92 Å². The highest BCUT2D eigenvalue weighted by molar-refractivity contribution is 5.84. The third-order valence-electron chi connectivity index (χ3n) is 6.87. The van der Waals surface area contributed by atoms with Crippen molar-refractivity contribution in [1.29, 1.82) is 5.26 Å². The number of benzene rings is 1.